The van der Waals surface area contributed by atoms with Crippen LogP contribution in [0, 0.1) is 41.5 Å². The fourth-order valence-electron chi connectivity index (χ4n) is 4.00. The molecule has 0 heterocycles. The second kappa shape index (κ2) is 10.5. The fraction of sp³-hybridized carbons (Fsp3) is 0.200. The number of benzene rings is 4. The SMILES string of the molecule is Cc1ccc(S(=O)(=O)Oc2ccc(S(=O)(=O)c3ccc(C)c(C)c3)cc2S(=O)(=O)c2ccc(C)c(C)c2)cc1C. The molecule has 0 aliphatic carbocycles. The van der Waals surface area contributed by atoms with Crippen LogP contribution >= 0.6 is 0 Å². The van der Waals surface area contributed by atoms with Crippen LogP contribution in [0.3, 0.4) is 0 Å². The van der Waals surface area contributed by atoms with Crippen LogP contribution in [0.4, 0.5) is 0 Å². The summed E-state index contributed by atoms with van der Waals surface area (Å²) >= 11 is 0. The highest BCUT2D eigenvalue weighted by atomic mass is 32.2. The molecule has 0 aliphatic heterocycles. The molecule has 0 bridgehead atoms. The Morgan fingerprint density at radius 1 is 0.425 bits per heavy atom. The zero-order valence-electron chi connectivity index (χ0n) is 23.0. The van der Waals surface area contributed by atoms with Gasteiger partial charge >= 0.3 is 10.1 Å². The summed E-state index contributed by atoms with van der Waals surface area (Å²) in [6.45, 7) is 10.8. The first kappa shape index (κ1) is 29.5. The van der Waals surface area contributed by atoms with Gasteiger partial charge in [0, 0.05) is 0 Å². The normalized spacial score (nSPS) is 12.3. The van der Waals surface area contributed by atoms with Crippen molar-refractivity contribution in [2.75, 3.05) is 0 Å². The van der Waals surface area contributed by atoms with Gasteiger partial charge in [0.05, 0.1) is 14.7 Å². The second-order valence-electron chi connectivity index (χ2n) is 9.89. The summed E-state index contributed by atoms with van der Waals surface area (Å²) < 4.78 is 86.7. The summed E-state index contributed by atoms with van der Waals surface area (Å²) in [4.78, 5) is -1.18. The van der Waals surface area contributed by atoms with Crippen molar-refractivity contribution in [1.29, 1.82) is 0 Å². The monoisotopic (exact) mass is 598 g/mol. The van der Waals surface area contributed by atoms with Crippen LogP contribution < -0.4 is 4.18 Å². The van der Waals surface area contributed by atoms with E-state index in [4.69, 9.17) is 4.18 Å². The van der Waals surface area contributed by atoms with E-state index < -0.39 is 40.4 Å². The molecule has 0 saturated heterocycles. The lowest BCUT2D eigenvalue weighted by molar-refractivity contribution is 0.478. The molecule has 4 rings (SSSR count). The van der Waals surface area contributed by atoms with Gasteiger partial charge in [-0.25, -0.2) is 16.8 Å². The Hall–Kier alpha value is -3.47. The molecule has 0 saturated carbocycles. The van der Waals surface area contributed by atoms with Crippen LogP contribution in [-0.4, -0.2) is 25.3 Å². The Balaban J connectivity index is 1.93. The highest BCUT2D eigenvalue weighted by molar-refractivity contribution is 7.92. The number of rotatable bonds is 7. The molecule has 4 aromatic carbocycles. The standard InChI is InChI=1S/C30H30O7S3/c1-19-7-10-25(15-22(19)4)38(31,32)27-13-14-29(37-40(35,36)28-12-9-21(3)24(6)17-28)30(18-27)39(33,34)26-11-8-20(2)23(5)16-26/h7-18H,1-6H3. The molecular weight excluding hydrogens is 569 g/mol. The summed E-state index contributed by atoms with van der Waals surface area (Å²) in [5.74, 6) is -0.504. The Bertz CT molecular complexity index is 1970. The lowest BCUT2D eigenvalue weighted by atomic mass is 10.1. The third kappa shape index (κ3) is 5.56. The van der Waals surface area contributed by atoms with Crippen LogP contribution in [0.25, 0.3) is 0 Å². The molecule has 0 fully saturated rings. The van der Waals surface area contributed by atoms with Crippen LogP contribution in [0.5, 0.6) is 5.75 Å². The van der Waals surface area contributed by atoms with E-state index in [0.717, 1.165) is 40.5 Å². The number of hydrogen-bond acceptors (Lipinski definition) is 7. The van der Waals surface area contributed by atoms with E-state index in [9.17, 15) is 25.3 Å². The first-order chi connectivity index (χ1) is 18.5. The molecule has 0 spiro atoms. The van der Waals surface area contributed by atoms with Crippen molar-refractivity contribution in [2.24, 2.45) is 0 Å². The number of sulfone groups is 2. The van der Waals surface area contributed by atoms with Crippen LogP contribution in [0.1, 0.15) is 33.4 Å². The van der Waals surface area contributed by atoms with Gasteiger partial charge in [0.15, 0.2) is 5.75 Å². The van der Waals surface area contributed by atoms with Gasteiger partial charge in [0.1, 0.15) is 9.79 Å². The van der Waals surface area contributed by atoms with Crippen molar-refractivity contribution in [3.63, 3.8) is 0 Å². The Morgan fingerprint density at radius 3 is 1.27 bits per heavy atom. The highest BCUT2D eigenvalue weighted by Gasteiger charge is 2.30. The first-order valence-corrected chi connectivity index (χ1v) is 16.7. The lowest BCUT2D eigenvalue weighted by Gasteiger charge is -2.15. The van der Waals surface area contributed by atoms with Crippen molar-refractivity contribution in [2.45, 2.75) is 66.0 Å². The Morgan fingerprint density at radius 2 is 0.800 bits per heavy atom. The van der Waals surface area contributed by atoms with Crippen LogP contribution in [-0.2, 0) is 29.8 Å². The molecule has 7 nitrogen and oxygen atoms in total. The molecule has 0 aliphatic rings. The number of hydrogen-bond donors (Lipinski definition) is 0. The van der Waals surface area contributed by atoms with Crippen LogP contribution in [0.15, 0.2) is 97.3 Å². The summed E-state index contributed by atoms with van der Waals surface area (Å²) in [6, 6.07) is 16.7. The van der Waals surface area contributed by atoms with Gasteiger partial charge in [-0.15, -0.1) is 0 Å². The van der Waals surface area contributed by atoms with Crippen molar-refractivity contribution >= 4 is 29.8 Å². The summed E-state index contributed by atoms with van der Waals surface area (Å²) in [6.07, 6.45) is 0. The average molecular weight is 599 g/mol. The Kier molecular flexibility index (Phi) is 7.74. The van der Waals surface area contributed by atoms with Gasteiger partial charge in [0.2, 0.25) is 19.7 Å². The van der Waals surface area contributed by atoms with Crippen molar-refractivity contribution < 1.29 is 29.4 Å². The lowest BCUT2D eigenvalue weighted by Crippen LogP contribution is -2.14. The van der Waals surface area contributed by atoms with Crippen molar-refractivity contribution in [3.05, 3.63) is 106 Å². The van der Waals surface area contributed by atoms with Crippen molar-refractivity contribution in [3.8, 4) is 5.75 Å². The molecule has 0 aromatic heterocycles. The minimum Gasteiger partial charge on any atom is -0.378 e. The molecule has 0 amide bonds. The molecule has 210 valence electrons. The van der Waals surface area contributed by atoms with Gasteiger partial charge < -0.3 is 4.18 Å². The van der Waals surface area contributed by atoms with E-state index in [1.807, 2.05) is 20.8 Å². The zero-order chi connectivity index (χ0) is 29.6. The summed E-state index contributed by atoms with van der Waals surface area (Å²) in [7, 11) is -13.0. The molecule has 40 heavy (non-hydrogen) atoms. The van der Waals surface area contributed by atoms with E-state index in [0.29, 0.717) is 11.1 Å². The predicted molar refractivity (Wildman–Crippen MR) is 153 cm³/mol. The molecule has 0 unspecified atom stereocenters. The molecule has 0 atom stereocenters. The smallest absolute Gasteiger partial charge is 0.339 e. The molecule has 10 heteroatoms. The maximum absolute atomic E-state index is 13.9. The summed E-state index contributed by atoms with van der Waals surface area (Å²) in [5.41, 5.74) is 4.80. The van der Waals surface area contributed by atoms with Crippen molar-refractivity contribution in [1.82, 2.24) is 0 Å². The van der Waals surface area contributed by atoms with Gasteiger partial charge in [0.25, 0.3) is 0 Å². The van der Waals surface area contributed by atoms with Gasteiger partial charge in [-0.2, -0.15) is 8.42 Å². The predicted octanol–water partition coefficient (Wildman–Crippen LogP) is 5.97. The molecule has 0 N–H and O–H groups in total. The third-order valence-electron chi connectivity index (χ3n) is 7.06. The molecular formula is C30H30O7S3. The quantitative estimate of drug-likeness (QED) is 0.241. The zero-order valence-corrected chi connectivity index (χ0v) is 25.5. The fourth-order valence-corrected chi connectivity index (χ4v) is 8.02. The second-order valence-corrected chi connectivity index (χ2v) is 15.3. The van der Waals surface area contributed by atoms with E-state index in [-0.39, 0.29) is 19.6 Å². The maximum atomic E-state index is 13.9. The first-order valence-electron chi connectivity index (χ1n) is 12.3. The van der Waals surface area contributed by atoms with E-state index in [2.05, 4.69) is 0 Å². The van der Waals surface area contributed by atoms with Gasteiger partial charge in [-0.05, 0) is 130 Å². The van der Waals surface area contributed by atoms with E-state index >= 15 is 0 Å². The van der Waals surface area contributed by atoms with Gasteiger partial charge in [-0.1, -0.05) is 18.2 Å². The average Bonchev–Trinajstić information content (AvgIpc) is 2.88. The van der Waals surface area contributed by atoms with E-state index in [1.54, 1.807) is 39.0 Å². The van der Waals surface area contributed by atoms with E-state index in [1.165, 1.54) is 36.4 Å². The Labute approximate surface area is 236 Å². The maximum Gasteiger partial charge on any atom is 0.339 e. The third-order valence-corrected chi connectivity index (χ3v) is 11.8. The van der Waals surface area contributed by atoms with Gasteiger partial charge in [-0.3, -0.25) is 0 Å². The van der Waals surface area contributed by atoms with Crippen LogP contribution in [0.2, 0.25) is 0 Å². The minimum atomic E-state index is -4.46. The topological polar surface area (TPSA) is 112 Å². The largest absolute Gasteiger partial charge is 0.378 e. The molecule has 4 aromatic rings. The summed E-state index contributed by atoms with van der Waals surface area (Å²) in [5, 5.41) is 0. The minimum absolute atomic E-state index is 0.0125. The number of aryl methyl sites for hydroxylation is 6. The molecule has 0 radical (unpaired) electrons. The highest BCUT2D eigenvalue weighted by Crippen LogP contribution is 2.36.